The summed E-state index contributed by atoms with van der Waals surface area (Å²) in [7, 11) is -3.65. The highest BCUT2D eigenvalue weighted by Crippen LogP contribution is 2.40. The number of aromatic nitrogens is 2. The summed E-state index contributed by atoms with van der Waals surface area (Å²) >= 11 is 0. The lowest BCUT2D eigenvalue weighted by molar-refractivity contribution is -0.134. The molecule has 1 fully saturated rings. The van der Waals surface area contributed by atoms with Gasteiger partial charge in [-0.1, -0.05) is 30.3 Å². The summed E-state index contributed by atoms with van der Waals surface area (Å²) in [4.78, 5) is 27.5. The van der Waals surface area contributed by atoms with Gasteiger partial charge in [-0.25, -0.2) is 17.9 Å². The summed E-state index contributed by atoms with van der Waals surface area (Å²) in [6, 6.07) is 14.0. The molecule has 0 bridgehead atoms. The Bertz CT molecular complexity index is 1410. The van der Waals surface area contributed by atoms with E-state index in [0.29, 0.717) is 48.8 Å². The molecular formula is C25H25N3O6S. The van der Waals surface area contributed by atoms with Gasteiger partial charge in [-0.15, -0.1) is 0 Å². The maximum absolute atomic E-state index is 13.0. The molecule has 0 N–H and O–H groups in total. The Morgan fingerprint density at radius 3 is 2.63 bits per heavy atom. The fraction of sp³-hybridized carbons (Fsp3) is 0.320. The van der Waals surface area contributed by atoms with Crippen LogP contribution >= 0.6 is 0 Å². The standard InChI is InChI=1S/C25H25N3O6S/c1-2-34-25(30)23-20-16-35(31,32)21-9-4-3-8-19(21)24(20)28(26-23)18-7-5-6-17(14-18)15-22(29)27-10-12-33-13-11-27/h3-9,14H,2,10-13,15-16H2,1H3. The minimum atomic E-state index is -3.65. The van der Waals surface area contributed by atoms with Gasteiger partial charge in [-0.2, -0.15) is 5.10 Å². The highest BCUT2D eigenvalue weighted by Gasteiger charge is 2.36. The van der Waals surface area contributed by atoms with Crippen LogP contribution in [0.1, 0.15) is 28.5 Å². The average Bonchev–Trinajstić information content (AvgIpc) is 3.24. The van der Waals surface area contributed by atoms with Crippen molar-refractivity contribution in [2.45, 2.75) is 24.0 Å². The van der Waals surface area contributed by atoms with Crippen LogP contribution < -0.4 is 0 Å². The Morgan fingerprint density at radius 2 is 1.86 bits per heavy atom. The summed E-state index contributed by atoms with van der Waals surface area (Å²) in [6.07, 6.45) is 0.215. The Hall–Kier alpha value is -3.50. The number of sulfone groups is 1. The Morgan fingerprint density at radius 1 is 1.09 bits per heavy atom. The van der Waals surface area contributed by atoms with Gasteiger partial charge in [0, 0.05) is 24.2 Å². The fourth-order valence-electron chi connectivity index (χ4n) is 4.51. The average molecular weight is 496 g/mol. The summed E-state index contributed by atoms with van der Waals surface area (Å²) in [5.41, 5.74) is 2.73. The van der Waals surface area contributed by atoms with E-state index in [0.717, 1.165) is 5.56 Å². The predicted octanol–water partition coefficient (Wildman–Crippen LogP) is 2.40. The van der Waals surface area contributed by atoms with Crippen LogP contribution in [0.4, 0.5) is 0 Å². The van der Waals surface area contributed by atoms with Crippen LogP contribution in [-0.4, -0.2) is 67.9 Å². The maximum Gasteiger partial charge on any atom is 0.359 e. The Kier molecular flexibility index (Phi) is 6.16. The van der Waals surface area contributed by atoms with Crippen molar-refractivity contribution in [1.82, 2.24) is 14.7 Å². The molecular weight excluding hydrogens is 470 g/mol. The first-order chi connectivity index (χ1) is 16.9. The van der Waals surface area contributed by atoms with E-state index in [9.17, 15) is 18.0 Å². The largest absolute Gasteiger partial charge is 0.461 e. The molecule has 2 aliphatic heterocycles. The van der Waals surface area contributed by atoms with Crippen LogP contribution in [0, 0.1) is 0 Å². The number of nitrogens with zero attached hydrogens (tertiary/aromatic N) is 3. The van der Waals surface area contributed by atoms with Gasteiger partial charge in [0.25, 0.3) is 0 Å². The van der Waals surface area contributed by atoms with Crippen molar-refractivity contribution in [3.05, 3.63) is 65.4 Å². The molecule has 0 saturated carbocycles. The molecule has 10 heteroatoms. The van der Waals surface area contributed by atoms with E-state index < -0.39 is 15.8 Å². The maximum atomic E-state index is 13.0. The molecule has 0 unspecified atom stereocenters. The second-order valence-corrected chi connectivity index (χ2v) is 10.4. The second-order valence-electron chi connectivity index (χ2n) is 8.40. The van der Waals surface area contributed by atoms with E-state index in [1.165, 1.54) is 0 Å². The summed E-state index contributed by atoms with van der Waals surface area (Å²) in [6.45, 7) is 4.03. The van der Waals surface area contributed by atoms with Gasteiger partial charge in [0.05, 0.1) is 48.3 Å². The number of esters is 1. The molecule has 3 heterocycles. The molecule has 0 radical (unpaired) electrons. The first-order valence-corrected chi connectivity index (χ1v) is 13.1. The van der Waals surface area contributed by atoms with Crippen LogP contribution in [0.2, 0.25) is 0 Å². The molecule has 35 heavy (non-hydrogen) atoms. The molecule has 0 aliphatic carbocycles. The van der Waals surface area contributed by atoms with Crippen LogP contribution in [0.15, 0.2) is 53.4 Å². The van der Waals surface area contributed by atoms with Crippen LogP contribution in [0.25, 0.3) is 16.9 Å². The first kappa shape index (κ1) is 23.3. The number of hydrogen-bond donors (Lipinski definition) is 0. The van der Waals surface area contributed by atoms with E-state index in [1.807, 2.05) is 24.3 Å². The van der Waals surface area contributed by atoms with Gasteiger partial charge in [-0.3, -0.25) is 4.79 Å². The normalized spacial score (nSPS) is 16.3. The lowest BCUT2D eigenvalue weighted by Crippen LogP contribution is -2.41. The minimum absolute atomic E-state index is 0.0107. The monoisotopic (exact) mass is 495 g/mol. The molecule has 1 amide bonds. The van der Waals surface area contributed by atoms with Crippen molar-refractivity contribution in [3.8, 4) is 16.9 Å². The SMILES string of the molecule is CCOC(=O)c1nn(-c2cccc(CC(=O)N3CCOCC3)c2)c2c1CS(=O)(=O)c1ccccc1-2. The third-order valence-corrected chi connectivity index (χ3v) is 7.83. The molecule has 3 aromatic rings. The van der Waals surface area contributed by atoms with Gasteiger partial charge in [-0.05, 0) is 30.7 Å². The zero-order valence-corrected chi connectivity index (χ0v) is 20.1. The molecule has 2 aromatic carbocycles. The van der Waals surface area contributed by atoms with E-state index in [4.69, 9.17) is 9.47 Å². The van der Waals surface area contributed by atoms with Gasteiger partial charge in [0.2, 0.25) is 5.91 Å². The van der Waals surface area contributed by atoms with Crippen molar-refractivity contribution >= 4 is 21.7 Å². The molecule has 2 aliphatic rings. The van der Waals surface area contributed by atoms with Crippen LogP contribution in [0.3, 0.4) is 0 Å². The van der Waals surface area contributed by atoms with E-state index in [1.54, 1.807) is 40.8 Å². The van der Waals surface area contributed by atoms with Crippen LogP contribution in [0.5, 0.6) is 0 Å². The third kappa shape index (κ3) is 4.35. The quantitative estimate of drug-likeness (QED) is 0.500. The molecule has 1 aromatic heterocycles. The second kappa shape index (κ2) is 9.27. The van der Waals surface area contributed by atoms with E-state index in [-0.39, 0.29) is 35.3 Å². The van der Waals surface area contributed by atoms with Crippen molar-refractivity contribution in [3.63, 3.8) is 0 Å². The summed E-state index contributed by atoms with van der Waals surface area (Å²) in [5, 5.41) is 4.52. The van der Waals surface area contributed by atoms with Gasteiger partial charge in [0.15, 0.2) is 15.5 Å². The number of rotatable bonds is 5. The number of carbonyl (C=O) groups excluding carboxylic acids is 2. The predicted molar refractivity (Wildman–Crippen MR) is 127 cm³/mol. The van der Waals surface area contributed by atoms with Gasteiger partial charge < -0.3 is 14.4 Å². The zero-order chi connectivity index (χ0) is 24.6. The molecule has 182 valence electrons. The van der Waals surface area contributed by atoms with Crippen molar-refractivity contribution in [2.24, 2.45) is 0 Å². The van der Waals surface area contributed by atoms with Crippen LogP contribution in [-0.2, 0) is 36.3 Å². The number of amides is 1. The minimum Gasteiger partial charge on any atom is -0.461 e. The highest BCUT2D eigenvalue weighted by molar-refractivity contribution is 7.90. The number of benzene rings is 2. The lowest BCUT2D eigenvalue weighted by Gasteiger charge is -2.27. The Balaban J connectivity index is 1.59. The molecule has 0 atom stereocenters. The Labute approximate surface area is 203 Å². The van der Waals surface area contributed by atoms with E-state index >= 15 is 0 Å². The molecule has 5 rings (SSSR count). The number of fused-ring (bicyclic) bond motifs is 3. The van der Waals surface area contributed by atoms with Gasteiger partial charge in [0.1, 0.15) is 0 Å². The third-order valence-electron chi connectivity index (χ3n) is 6.14. The fourth-order valence-corrected chi connectivity index (χ4v) is 6.11. The highest BCUT2D eigenvalue weighted by atomic mass is 32.2. The van der Waals surface area contributed by atoms with Crippen molar-refractivity contribution in [2.75, 3.05) is 32.9 Å². The molecule has 0 spiro atoms. The number of carbonyl (C=O) groups is 2. The lowest BCUT2D eigenvalue weighted by atomic mass is 10.0. The number of hydrogen-bond acceptors (Lipinski definition) is 7. The molecule has 1 saturated heterocycles. The number of morpholine rings is 1. The smallest absolute Gasteiger partial charge is 0.359 e. The zero-order valence-electron chi connectivity index (χ0n) is 19.3. The van der Waals surface area contributed by atoms with Gasteiger partial charge >= 0.3 is 5.97 Å². The van der Waals surface area contributed by atoms with Crippen molar-refractivity contribution < 1.29 is 27.5 Å². The molecule has 9 nitrogen and oxygen atoms in total. The summed E-state index contributed by atoms with van der Waals surface area (Å²) < 4.78 is 38.1. The topological polar surface area (TPSA) is 108 Å². The number of ether oxygens (including phenoxy) is 2. The van der Waals surface area contributed by atoms with Crippen molar-refractivity contribution in [1.29, 1.82) is 0 Å². The van der Waals surface area contributed by atoms with E-state index in [2.05, 4.69) is 5.10 Å². The summed E-state index contributed by atoms with van der Waals surface area (Å²) in [5.74, 6) is -1.00. The first-order valence-electron chi connectivity index (χ1n) is 11.4.